The predicted molar refractivity (Wildman–Crippen MR) is 442 cm³/mol. The van der Waals surface area contributed by atoms with Crippen LogP contribution in [0.15, 0.2) is 320 Å². The highest BCUT2D eigenvalue weighted by atomic mass is 32.1. The molecule has 23 aromatic rings. The van der Waals surface area contributed by atoms with E-state index in [1.807, 2.05) is 158 Å². The molecule has 3 aliphatic heterocycles. The van der Waals surface area contributed by atoms with Crippen LogP contribution in [0, 0.1) is 0 Å². The first-order chi connectivity index (χ1) is 54.5. The third-order valence-electron chi connectivity index (χ3n) is 21.6. The van der Waals surface area contributed by atoms with Crippen LogP contribution in [0.3, 0.4) is 0 Å². The molecule has 15 aromatic carbocycles. The minimum Gasteiger partial charge on any atom is -0.456 e. The number of benzene rings is 15. The predicted octanol–water partition coefficient (Wildman–Crippen LogP) is 24.8. The van der Waals surface area contributed by atoms with Crippen molar-refractivity contribution in [3.8, 4) is 97.6 Å². The molecule has 0 saturated heterocycles. The Kier molecular flexibility index (Phi) is 12.8. The summed E-state index contributed by atoms with van der Waals surface area (Å²) < 4.78 is 34.3. The van der Waals surface area contributed by atoms with E-state index in [0.717, 1.165) is 176 Å². The molecule has 15 heteroatoms. The Balaban J connectivity index is 0.0000000965. The molecular weight excluding hydrogens is 1380 g/mol. The quantitative estimate of drug-likeness (QED) is 0.150. The van der Waals surface area contributed by atoms with Crippen molar-refractivity contribution in [3.63, 3.8) is 0 Å². The van der Waals surface area contributed by atoms with Crippen LogP contribution in [-0.4, -0.2) is 48.6 Å². The van der Waals surface area contributed by atoms with Crippen LogP contribution in [0.25, 0.3) is 203 Å². The number of nitrogens with zero attached hydrogens (tertiary/aromatic N) is 10. The molecule has 0 saturated carbocycles. The average molecular weight is 1430 g/mol. The fourth-order valence-corrected chi connectivity index (χ4v) is 18.1. The fourth-order valence-electron chi connectivity index (χ4n) is 16.9. The molecule has 0 bridgehead atoms. The fraction of sp³-hybridized carbons (Fsp3) is 0. The second-order valence-electron chi connectivity index (χ2n) is 27.7. The van der Waals surface area contributed by atoms with Crippen molar-refractivity contribution in [2.24, 2.45) is 0 Å². The van der Waals surface area contributed by atoms with E-state index in [9.17, 15) is 0 Å². The Morgan fingerprint density at radius 2 is 0.609 bits per heavy atom. The lowest BCUT2D eigenvalue weighted by Gasteiger charge is -2.15. The largest absolute Gasteiger partial charge is 0.456 e. The summed E-state index contributed by atoms with van der Waals surface area (Å²) in [6.45, 7) is 0. The molecule has 110 heavy (non-hydrogen) atoms. The average Bonchev–Trinajstić information content (AvgIpc) is 1.55. The van der Waals surface area contributed by atoms with E-state index >= 15 is 0 Å². The zero-order valence-corrected chi connectivity index (χ0v) is 58.9. The second-order valence-corrected chi connectivity index (χ2v) is 28.8. The number of hydrogen-bond acceptors (Lipinski definition) is 12. The molecule has 0 amide bonds. The Bertz CT molecular complexity index is 7510. The first-order valence-electron chi connectivity index (χ1n) is 36.4. The van der Waals surface area contributed by atoms with Crippen molar-refractivity contribution in [1.82, 2.24) is 48.6 Å². The number of rotatable bonds is 7. The number of fused-ring (bicyclic) bond motifs is 6. The summed E-state index contributed by atoms with van der Waals surface area (Å²) in [7, 11) is 0. The van der Waals surface area contributed by atoms with Crippen molar-refractivity contribution in [2.45, 2.75) is 0 Å². The molecule has 0 fully saturated rings. The van der Waals surface area contributed by atoms with Gasteiger partial charge in [-0.2, -0.15) is 9.97 Å². The molecule has 0 spiro atoms. The van der Waals surface area contributed by atoms with E-state index in [4.69, 9.17) is 53.5 Å². The maximum atomic E-state index is 6.39. The summed E-state index contributed by atoms with van der Waals surface area (Å²) >= 11 is 1.75. The Morgan fingerprint density at radius 3 is 1.08 bits per heavy atom. The summed E-state index contributed by atoms with van der Waals surface area (Å²) in [5.41, 5.74) is 15.2. The maximum Gasteiger partial charge on any atom is 0.238 e. The summed E-state index contributed by atoms with van der Waals surface area (Å²) in [5, 5.41) is 15.8. The van der Waals surface area contributed by atoms with Gasteiger partial charge in [0, 0.05) is 70.0 Å². The van der Waals surface area contributed by atoms with Gasteiger partial charge in [-0.15, -0.1) is 11.3 Å². The molecule has 14 nitrogen and oxygen atoms in total. The summed E-state index contributed by atoms with van der Waals surface area (Å²) in [5.74, 6) is 8.36. The normalized spacial score (nSPS) is 12.4. The lowest BCUT2D eigenvalue weighted by Crippen LogP contribution is -2.06. The van der Waals surface area contributed by atoms with E-state index in [-0.39, 0.29) is 0 Å². The smallest absolute Gasteiger partial charge is 0.238 e. The van der Waals surface area contributed by atoms with E-state index < -0.39 is 0 Å². The van der Waals surface area contributed by atoms with E-state index in [0.29, 0.717) is 35.1 Å². The second kappa shape index (κ2) is 23.3. The molecule has 0 unspecified atom stereocenters. The van der Waals surface area contributed by atoms with Gasteiger partial charge in [-0.25, -0.2) is 24.9 Å². The van der Waals surface area contributed by atoms with Gasteiger partial charge in [-0.05, 0) is 107 Å². The molecule has 0 aliphatic carbocycles. The van der Waals surface area contributed by atoms with Gasteiger partial charge in [0.05, 0.1) is 65.2 Å². The van der Waals surface area contributed by atoms with Crippen molar-refractivity contribution < 1.29 is 18.6 Å². The molecule has 512 valence electrons. The number of para-hydroxylation sites is 1. The molecule has 26 rings (SSSR count). The topological polar surface area (TPSA) is 146 Å². The molecule has 11 heterocycles. The van der Waals surface area contributed by atoms with Crippen molar-refractivity contribution in [1.29, 1.82) is 0 Å². The summed E-state index contributed by atoms with van der Waals surface area (Å²) in [6, 6.07) is 107. The number of ether oxygens (including phenoxy) is 3. The molecule has 0 radical (unpaired) electrons. The lowest BCUT2D eigenvalue weighted by molar-refractivity contribution is 0.492. The number of furan rings is 1. The summed E-state index contributed by atoms with van der Waals surface area (Å²) in [4.78, 5) is 35.6. The zero-order chi connectivity index (χ0) is 71.8. The monoisotopic (exact) mass is 1430 g/mol. The Hall–Kier alpha value is -14.9. The molecule has 3 aliphatic rings. The van der Waals surface area contributed by atoms with E-state index in [1.54, 1.807) is 11.3 Å². The van der Waals surface area contributed by atoms with Gasteiger partial charge in [0.25, 0.3) is 0 Å². The van der Waals surface area contributed by atoms with Gasteiger partial charge in [0.15, 0.2) is 17.2 Å². The molecular formula is C95H52N10O4S. The highest BCUT2D eigenvalue weighted by Gasteiger charge is 2.31. The van der Waals surface area contributed by atoms with Crippen LogP contribution in [0.4, 0.5) is 0 Å². The first-order valence-corrected chi connectivity index (χ1v) is 37.2. The van der Waals surface area contributed by atoms with Gasteiger partial charge >= 0.3 is 0 Å². The van der Waals surface area contributed by atoms with Crippen molar-refractivity contribution in [2.75, 3.05) is 0 Å². The van der Waals surface area contributed by atoms with Crippen LogP contribution in [-0.2, 0) is 0 Å². The van der Waals surface area contributed by atoms with Crippen LogP contribution < -0.4 is 14.2 Å². The van der Waals surface area contributed by atoms with Gasteiger partial charge in [-0.3, -0.25) is 13.7 Å². The summed E-state index contributed by atoms with van der Waals surface area (Å²) in [6.07, 6.45) is 0. The molecule has 0 atom stereocenters. The van der Waals surface area contributed by atoms with Crippen LogP contribution >= 0.6 is 11.3 Å². The lowest BCUT2D eigenvalue weighted by atomic mass is 10.0. The minimum absolute atomic E-state index is 0.582. The highest BCUT2D eigenvalue weighted by molar-refractivity contribution is 7.26. The number of thiophene rings is 1. The molecule has 0 N–H and O–H groups in total. The van der Waals surface area contributed by atoms with Crippen molar-refractivity contribution >= 4 is 151 Å². The van der Waals surface area contributed by atoms with E-state index in [1.165, 1.54) is 26.2 Å². The van der Waals surface area contributed by atoms with Gasteiger partial charge in [0.1, 0.15) is 51.3 Å². The van der Waals surface area contributed by atoms with E-state index in [2.05, 4.69) is 171 Å². The first kappa shape index (κ1) is 60.3. The van der Waals surface area contributed by atoms with Crippen LogP contribution in [0.1, 0.15) is 0 Å². The van der Waals surface area contributed by atoms with Crippen LogP contribution in [0.2, 0.25) is 0 Å². The van der Waals surface area contributed by atoms with Gasteiger partial charge in [0.2, 0.25) is 17.8 Å². The minimum atomic E-state index is 0.582. The van der Waals surface area contributed by atoms with Crippen molar-refractivity contribution in [3.05, 3.63) is 315 Å². The number of hydrogen-bond donors (Lipinski definition) is 0. The SMILES string of the molecule is c1ccc(-c2nc(-c3ccccc3)nc(-n3c4cccc5c4c4c6c(cccc6ccc43)O5)n2)cc1.c1ccc(-c2nc(-n3c4cccc5c4c4c6c(cccc6ccc43)O5)nc3c2oc2ccccc23)cc1.c1ccc(-c2nc(-n3c4cccc5c4c4c6c(cccc6ccc43)O5)nc3c2sc2ccccc23)cc1. The Morgan fingerprint density at radius 1 is 0.245 bits per heavy atom. The third-order valence-corrected chi connectivity index (χ3v) is 22.8. The third kappa shape index (κ3) is 8.88. The number of aromatic nitrogens is 10. The van der Waals surface area contributed by atoms with Gasteiger partial charge < -0.3 is 18.6 Å². The van der Waals surface area contributed by atoms with Gasteiger partial charge in [-0.1, -0.05) is 224 Å². The Labute approximate surface area is 627 Å². The standard InChI is InChI=1S/C32H17N3O2.C32H17N3OS.C31H18N4O/c1-2-8-19(9-3-1)29-31-30(20-11-4-5-13-23(20)37-31)34-32(33-29)35-21-12-7-15-25-27(21)28-22(35)17-16-18-10-6-14-24(36-25)26(18)28;1-2-8-19(9-3-1)29-31-30(20-11-4-5-15-25(20)37-31)34-32(33-29)35-21-12-7-14-24-27(21)28-22(35)17-16-18-10-6-13-23(36-24)26(18)28;1-3-9-20(10-4-1)29-32-30(21-11-5-2-6-12-21)34-31(33-29)35-22-14-8-16-25-27(22)28-23(35)18-17-19-13-7-15-24(36-25)26(19)28/h2*1-17H;1-18H. The van der Waals surface area contributed by atoms with Crippen LogP contribution in [0.5, 0.6) is 34.5 Å². The molecule has 8 aromatic heterocycles. The highest BCUT2D eigenvalue weighted by Crippen LogP contribution is 2.53. The zero-order valence-electron chi connectivity index (χ0n) is 58.0. The maximum absolute atomic E-state index is 6.39.